The Hall–Kier alpha value is -4.53. The fraction of sp³-hybridized carbons (Fsp3) is 0.0870. The van der Waals surface area contributed by atoms with E-state index in [4.69, 9.17) is 4.42 Å². The lowest BCUT2D eigenvalue weighted by atomic mass is 10.1. The second-order valence-corrected chi connectivity index (χ2v) is 7.31. The number of furan rings is 1. The number of aryl methyl sites for hydroxylation is 1. The summed E-state index contributed by atoms with van der Waals surface area (Å²) in [4.78, 5) is 42.1. The Kier molecular flexibility index (Phi) is 4.44. The number of nitrogens with zero attached hydrogens (tertiary/aromatic N) is 4. The van der Waals surface area contributed by atoms with Gasteiger partial charge in [-0.25, -0.2) is 4.98 Å². The van der Waals surface area contributed by atoms with Gasteiger partial charge in [0.15, 0.2) is 5.65 Å². The number of nitro benzene ring substituents is 1. The molecule has 0 fully saturated rings. The van der Waals surface area contributed by atoms with Crippen LogP contribution in [0.15, 0.2) is 80.9 Å². The van der Waals surface area contributed by atoms with Gasteiger partial charge >= 0.3 is 0 Å². The first-order chi connectivity index (χ1) is 15.5. The zero-order chi connectivity index (χ0) is 22.4. The average Bonchev–Trinajstić information content (AvgIpc) is 3.32. The predicted octanol–water partition coefficient (Wildman–Crippen LogP) is 3.46. The van der Waals surface area contributed by atoms with Crippen molar-refractivity contribution < 1.29 is 9.34 Å². The number of non-ortho nitro benzene ring substituents is 1. The normalized spacial score (nSPS) is 11.3. The highest BCUT2D eigenvalue weighted by Crippen LogP contribution is 2.23. The molecule has 9 nitrogen and oxygen atoms in total. The molecule has 5 aromatic rings. The highest BCUT2D eigenvalue weighted by molar-refractivity contribution is 5.91. The first-order valence-electron chi connectivity index (χ1n) is 9.75. The zero-order valence-electron chi connectivity index (χ0n) is 16.9. The molecule has 0 aliphatic carbocycles. The summed E-state index contributed by atoms with van der Waals surface area (Å²) < 4.78 is 8.48. The van der Waals surface area contributed by atoms with Crippen molar-refractivity contribution in [3.63, 3.8) is 0 Å². The summed E-state index contributed by atoms with van der Waals surface area (Å²) in [5.41, 5.74) is 0.411. The van der Waals surface area contributed by atoms with E-state index in [2.05, 4.69) is 4.98 Å². The topological polar surface area (TPSA) is 113 Å². The fourth-order valence-corrected chi connectivity index (χ4v) is 3.85. The number of nitro groups is 1. The molecule has 0 bridgehead atoms. The van der Waals surface area contributed by atoms with Crippen LogP contribution in [0.25, 0.3) is 33.3 Å². The minimum absolute atomic E-state index is 0.0246. The van der Waals surface area contributed by atoms with Crippen molar-refractivity contribution in [2.45, 2.75) is 6.54 Å². The highest BCUT2D eigenvalue weighted by atomic mass is 16.6. The molecule has 32 heavy (non-hydrogen) atoms. The smallest absolute Gasteiger partial charge is 0.269 e. The minimum atomic E-state index is -0.508. The number of para-hydroxylation sites is 1. The first kappa shape index (κ1) is 19.4. The summed E-state index contributed by atoms with van der Waals surface area (Å²) in [5.74, 6) is 0.785. The van der Waals surface area contributed by atoms with Gasteiger partial charge in [0.25, 0.3) is 11.2 Å². The lowest BCUT2D eigenvalue weighted by Gasteiger charge is -2.15. The maximum atomic E-state index is 13.6. The lowest BCUT2D eigenvalue weighted by Crippen LogP contribution is -2.29. The Morgan fingerprint density at radius 3 is 2.47 bits per heavy atom. The third-order valence-corrected chi connectivity index (χ3v) is 5.44. The molecule has 0 aliphatic heterocycles. The summed E-state index contributed by atoms with van der Waals surface area (Å²) >= 11 is 0. The molecule has 0 radical (unpaired) electrons. The van der Waals surface area contributed by atoms with E-state index < -0.39 is 15.9 Å². The molecule has 3 aromatic heterocycles. The SMILES string of the molecule is Cn1c2ccccc2c(=O)c2c(=O)n(Cc3ccco3)c(-c3ccc([N+](=O)[O-])cc3)nc21. The van der Waals surface area contributed by atoms with E-state index in [-0.39, 0.29) is 29.1 Å². The van der Waals surface area contributed by atoms with Gasteiger partial charge in [0.1, 0.15) is 17.0 Å². The highest BCUT2D eigenvalue weighted by Gasteiger charge is 2.20. The number of hydrogen-bond acceptors (Lipinski definition) is 6. The minimum Gasteiger partial charge on any atom is -0.467 e. The number of hydrogen-bond donors (Lipinski definition) is 0. The van der Waals surface area contributed by atoms with Gasteiger partial charge in [-0.3, -0.25) is 24.3 Å². The molecule has 0 spiro atoms. The van der Waals surface area contributed by atoms with Crippen molar-refractivity contribution in [1.29, 1.82) is 0 Å². The van der Waals surface area contributed by atoms with Crippen molar-refractivity contribution in [2.24, 2.45) is 7.05 Å². The molecule has 5 rings (SSSR count). The van der Waals surface area contributed by atoms with Crippen molar-refractivity contribution in [3.05, 3.63) is 103 Å². The van der Waals surface area contributed by atoms with Gasteiger partial charge < -0.3 is 8.98 Å². The standard InChI is InChI=1S/C23H16N4O5/c1-25-18-7-3-2-6-17(18)20(28)19-22(25)24-21(14-8-10-15(11-9-14)27(30)31)26(23(19)29)13-16-5-4-12-32-16/h2-12H,13H2,1H3. The molecule has 0 unspecified atom stereocenters. The van der Waals surface area contributed by atoms with Crippen LogP contribution in [0.5, 0.6) is 0 Å². The van der Waals surface area contributed by atoms with E-state index in [0.717, 1.165) is 0 Å². The van der Waals surface area contributed by atoms with E-state index >= 15 is 0 Å². The van der Waals surface area contributed by atoms with Crippen LogP contribution in [0.2, 0.25) is 0 Å². The number of benzene rings is 2. The molecule has 0 N–H and O–H groups in total. The molecule has 9 heteroatoms. The molecule has 0 atom stereocenters. The summed E-state index contributed by atoms with van der Waals surface area (Å²) in [7, 11) is 1.74. The summed E-state index contributed by atoms with van der Waals surface area (Å²) in [6.07, 6.45) is 1.49. The van der Waals surface area contributed by atoms with Gasteiger partial charge in [0.05, 0.1) is 23.2 Å². The number of rotatable bonds is 4. The molecule has 0 aliphatic rings. The third-order valence-electron chi connectivity index (χ3n) is 5.44. The average molecular weight is 428 g/mol. The van der Waals surface area contributed by atoms with Crippen LogP contribution in [-0.4, -0.2) is 19.0 Å². The molecular weight excluding hydrogens is 412 g/mol. The van der Waals surface area contributed by atoms with Gasteiger partial charge in [-0.1, -0.05) is 12.1 Å². The van der Waals surface area contributed by atoms with Crippen LogP contribution in [0.3, 0.4) is 0 Å². The summed E-state index contributed by atoms with van der Waals surface area (Å²) in [6.45, 7) is 0.0527. The van der Waals surface area contributed by atoms with Crippen molar-refractivity contribution in [2.75, 3.05) is 0 Å². The molecule has 0 saturated heterocycles. The molecular formula is C23H16N4O5. The Balaban J connectivity index is 1.88. The molecule has 158 valence electrons. The molecule has 0 saturated carbocycles. The van der Waals surface area contributed by atoms with Gasteiger partial charge in [0.2, 0.25) is 5.43 Å². The fourth-order valence-electron chi connectivity index (χ4n) is 3.85. The van der Waals surface area contributed by atoms with Crippen LogP contribution in [0.4, 0.5) is 5.69 Å². The van der Waals surface area contributed by atoms with Crippen LogP contribution in [-0.2, 0) is 13.6 Å². The Morgan fingerprint density at radius 2 is 1.78 bits per heavy atom. The first-order valence-corrected chi connectivity index (χ1v) is 9.75. The van der Waals surface area contributed by atoms with E-state index in [9.17, 15) is 19.7 Å². The Morgan fingerprint density at radius 1 is 1.03 bits per heavy atom. The number of aromatic nitrogens is 3. The molecule has 2 aromatic carbocycles. The number of fused-ring (bicyclic) bond motifs is 2. The quantitative estimate of drug-likeness (QED) is 0.246. The maximum Gasteiger partial charge on any atom is 0.269 e. The van der Waals surface area contributed by atoms with Crippen LogP contribution in [0, 0.1) is 10.1 Å². The van der Waals surface area contributed by atoms with Crippen LogP contribution < -0.4 is 11.0 Å². The lowest BCUT2D eigenvalue weighted by molar-refractivity contribution is -0.384. The predicted molar refractivity (Wildman–Crippen MR) is 119 cm³/mol. The van der Waals surface area contributed by atoms with Crippen molar-refractivity contribution >= 4 is 27.6 Å². The molecule has 0 amide bonds. The monoisotopic (exact) mass is 428 g/mol. The van der Waals surface area contributed by atoms with Gasteiger partial charge in [0, 0.05) is 30.1 Å². The van der Waals surface area contributed by atoms with Gasteiger partial charge in [-0.15, -0.1) is 0 Å². The Bertz CT molecular complexity index is 1610. The van der Waals surface area contributed by atoms with E-state index in [1.54, 1.807) is 41.9 Å². The maximum absolute atomic E-state index is 13.6. The Labute approximate surface area is 179 Å². The summed E-state index contributed by atoms with van der Waals surface area (Å²) in [5, 5.41) is 11.4. The van der Waals surface area contributed by atoms with Crippen molar-refractivity contribution in [1.82, 2.24) is 14.1 Å². The van der Waals surface area contributed by atoms with Crippen LogP contribution in [0.1, 0.15) is 5.76 Å². The second-order valence-electron chi connectivity index (χ2n) is 7.31. The van der Waals surface area contributed by atoms with E-state index in [1.165, 1.54) is 35.1 Å². The zero-order valence-corrected chi connectivity index (χ0v) is 16.9. The number of pyridine rings is 1. The van der Waals surface area contributed by atoms with E-state index in [0.29, 0.717) is 22.2 Å². The van der Waals surface area contributed by atoms with Crippen LogP contribution >= 0.6 is 0 Å². The third kappa shape index (κ3) is 2.99. The van der Waals surface area contributed by atoms with Gasteiger partial charge in [-0.2, -0.15) is 0 Å². The van der Waals surface area contributed by atoms with Crippen molar-refractivity contribution in [3.8, 4) is 11.4 Å². The van der Waals surface area contributed by atoms with E-state index in [1.807, 2.05) is 6.07 Å². The van der Waals surface area contributed by atoms with Gasteiger partial charge in [-0.05, 0) is 36.4 Å². The largest absolute Gasteiger partial charge is 0.467 e. The molecule has 3 heterocycles. The summed E-state index contributed by atoms with van der Waals surface area (Å²) in [6, 6.07) is 16.2. The second kappa shape index (κ2) is 7.31.